The Morgan fingerprint density at radius 1 is 1.05 bits per heavy atom. The van der Waals surface area contributed by atoms with Crippen molar-refractivity contribution in [3.05, 3.63) is 63.7 Å². The molecule has 0 saturated heterocycles. The van der Waals surface area contributed by atoms with Crippen LogP contribution in [0, 0.1) is 13.8 Å². The molecule has 0 aliphatic carbocycles. The maximum Gasteiger partial charge on any atom is 0.387 e. The number of rotatable bonds is 4. The van der Waals surface area contributed by atoms with Crippen LogP contribution < -0.4 is 4.74 Å². The summed E-state index contributed by atoms with van der Waals surface area (Å²) in [6, 6.07) is 9.63. The highest BCUT2D eigenvalue weighted by Gasteiger charge is 2.20. The van der Waals surface area contributed by atoms with Gasteiger partial charge < -0.3 is 9.84 Å². The summed E-state index contributed by atoms with van der Waals surface area (Å²) in [4.78, 5) is 0. The number of aliphatic hydroxyl groups is 1. The van der Waals surface area contributed by atoms with E-state index in [9.17, 15) is 13.9 Å². The number of hydrogen-bond donors (Lipinski definition) is 1. The Hall–Kier alpha value is -1.65. The van der Waals surface area contributed by atoms with Crippen LogP contribution in [0.2, 0.25) is 5.02 Å². The van der Waals surface area contributed by atoms with Crippen LogP contribution >= 0.6 is 11.6 Å². The molecule has 0 radical (unpaired) electrons. The van der Waals surface area contributed by atoms with Gasteiger partial charge in [0.25, 0.3) is 0 Å². The van der Waals surface area contributed by atoms with E-state index in [1.165, 1.54) is 12.1 Å². The zero-order chi connectivity index (χ0) is 15.6. The molecule has 1 atom stereocenters. The van der Waals surface area contributed by atoms with Gasteiger partial charge in [0.1, 0.15) is 11.9 Å². The van der Waals surface area contributed by atoms with Crippen molar-refractivity contribution in [3.63, 3.8) is 0 Å². The summed E-state index contributed by atoms with van der Waals surface area (Å²) < 4.78 is 29.3. The van der Waals surface area contributed by atoms with Crippen LogP contribution in [0.15, 0.2) is 36.4 Å². The van der Waals surface area contributed by atoms with E-state index in [-0.39, 0.29) is 11.3 Å². The molecule has 0 amide bonds. The van der Waals surface area contributed by atoms with E-state index in [0.717, 1.165) is 11.1 Å². The lowest BCUT2D eigenvalue weighted by Crippen LogP contribution is -2.08. The standard InChI is InChI=1S/C16H15ClF2O2/c1-9-7-12(13(17)8-10(9)2)15(20)11-5-3-4-6-14(11)21-16(18)19/h3-8,15-16,20H,1-2H3. The average Bonchev–Trinajstić information content (AvgIpc) is 2.42. The second kappa shape index (κ2) is 6.41. The summed E-state index contributed by atoms with van der Waals surface area (Å²) in [6.45, 7) is 0.850. The van der Waals surface area contributed by atoms with Crippen molar-refractivity contribution in [2.24, 2.45) is 0 Å². The predicted molar refractivity (Wildman–Crippen MR) is 78.1 cm³/mol. The molecule has 1 unspecified atom stereocenters. The predicted octanol–water partition coefficient (Wildman–Crippen LogP) is 4.64. The van der Waals surface area contributed by atoms with Crippen LogP contribution in [-0.4, -0.2) is 11.7 Å². The largest absolute Gasteiger partial charge is 0.434 e. The first-order valence-electron chi connectivity index (χ1n) is 6.38. The van der Waals surface area contributed by atoms with Gasteiger partial charge in [0.15, 0.2) is 0 Å². The topological polar surface area (TPSA) is 29.5 Å². The lowest BCUT2D eigenvalue weighted by atomic mass is 9.97. The molecule has 2 nitrogen and oxygen atoms in total. The molecule has 0 heterocycles. The highest BCUT2D eigenvalue weighted by molar-refractivity contribution is 6.31. The Balaban J connectivity index is 2.45. The smallest absolute Gasteiger partial charge is 0.387 e. The number of aliphatic hydroxyl groups excluding tert-OH is 1. The Morgan fingerprint density at radius 3 is 2.33 bits per heavy atom. The van der Waals surface area contributed by atoms with Gasteiger partial charge in [-0.15, -0.1) is 0 Å². The minimum atomic E-state index is -2.95. The molecule has 0 fully saturated rings. The maximum atomic E-state index is 12.4. The number of alkyl halides is 2. The summed E-state index contributed by atoms with van der Waals surface area (Å²) >= 11 is 6.16. The summed E-state index contributed by atoms with van der Waals surface area (Å²) in [7, 11) is 0. The Labute approximate surface area is 126 Å². The Bertz CT molecular complexity index is 644. The minimum Gasteiger partial charge on any atom is -0.434 e. The molecule has 0 aromatic heterocycles. The summed E-state index contributed by atoms with van der Waals surface area (Å²) in [5, 5.41) is 10.9. The van der Waals surface area contributed by atoms with E-state index in [1.807, 2.05) is 13.8 Å². The fourth-order valence-corrected chi connectivity index (χ4v) is 2.41. The first-order valence-corrected chi connectivity index (χ1v) is 6.76. The van der Waals surface area contributed by atoms with Crippen molar-refractivity contribution >= 4 is 11.6 Å². The zero-order valence-electron chi connectivity index (χ0n) is 11.6. The quantitative estimate of drug-likeness (QED) is 0.891. The van der Waals surface area contributed by atoms with E-state index < -0.39 is 12.7 Å². The van der Waals surface area contributed by atoms with Crippen molar-refractivity contribution < 1.29 is 18.6 Å². The molecule has 1 N–H and O–H groups in total. The first-order chi connectivity index (χ1) is 9.90. The highest BCUT2D eigenvalue weighted by atomic mass is 35.5. The molecule has 0 saturated carbocycles. The number of hydrogen-bond acceptors (Lipinski definition) is 2. The first kappa shape index (κ1) is 15.7. The second-order valence-corrected chi connectivity index (χ2v) is 5.18. The lowest BCUT2D eigenvalue weighted by molar-refractivity contribution is -0.0512. The van der Waals surface area contributed by atoms with Crippen molar-refractivity contribution in [1.82, 2.24) is 0 Å². The van der Waals surface area contributed by atoms with Crippen molar-refractivity contribution in [2.45, 2.75) is 26.6 Å². The van der Waals surface area contributed by atoms with Crippen molar-refractivity contribution in [2.75, 3.05) is 0 Å². The fourth-order valence-electron chi connectivity index (χ4n) is 2.09. The molecule has 2 aromatic rings. The molecule has 112 valence electrons. The number of aryl methyl sites for hydroxylation is 2. The van der Waals surface area contributed by atoms with Gasteiger partial charge in [-0.2, -0.15) is 8.78 Å². The fraction of sp³-hybridized carbons (Fsp3) is 0.250. The van der Waals surface area contributed by atoms with Gasteiger partial charge in [-0.25, -0.2) is 0 Å². The third-order valence-electron chi connectivity index (χ3n) is 3.34. The molecule has 21 heavy (non-hydrogen) atoms. The van der Waals surface area contributed by atoms with Crippen LogP contribution in [0.1, 0.15) is 28.4 Å². The van der Waals surface area contributed by atoms with Crippen LogP contribution in [0.25, 0.3) is 0 Å². The number of halogens is 3. The zero-order valence-corrected chi connectivity index (χ0v) is 12.4. The normalized spacial score (nSPS) is 12.5. The van der Waals surface area contributed by atoms with Crippen molar-refractivity contribution in [3.8, 4) is 5.75 Å². The Kier molecular flexibility index (Phi) is 4.80. The number of benzene rings is 2. The Morgan fingerprint density at radius 2 is 1.67 bits per heavy atom. The van der Waals surface area contributed by atoms with Gasteiger partial charge >= 0.3 is 6.61 Å². The van der Waals surface area contributed by atoms with Gasteiger partial charge in [0.2, 0.25) is 0 Å². The summed E-state index contributed by atoms with van der Waals surface area (Å²) in [5.74, 6) is -0.0608. The maximum absolute atomic E-state index is 12.4. The third kappa shape index (κ3) is 3.52. The molecule has 2 rings (SSSR count). The van der Waals surface area contributed by atoms with E-state index in [4.69, 9.17) is 11.6 Å². The molecular formula is C16H15ClF2O2. The SMILES string of the molecule is Cc1cc(Cl)c(C(O)c2ccccc2OC(F)F)cc1C. The van der Waals surface area contributed by atoms with Crippen LogP contribution in [-0.2, 0) is 0 Å². The molecule has 0 spiro atoms. The summed E-state index contributed by atoms with van der Waals surface area (Å²) in [5.41, 5.74) is 2.67. The lowest BCUT2D eigenvalue weighted by Gasteiger charge is -2.18. The number of ether oxygens (including phenoxy) is 1. The van der Waals surface area contributed by atoms with Gasteiger partial charge in [-0.3, -0.25) is 0 Å². The highest BCUT2D eigenvalue weighted by Crippen LogP contribution is 2.35. The van der Waals surface area contributed by atoms with E-state index in [2.05, 4.69) is 4.74 Å². The molecule has 0 aliphatic rings. The van der Waals surface area contributed by atoms with Gasteiger partial charge in [-0.1, -0.05) is 35.9 Å². The number of para-hydroxylation sites is 1. The van der Waals surface area contributed by atoms with Crippen LogP contribution in [0.5, 0.6) is 5.75 Å². The van der Waals surface area contributed by atoms with E-state index >= 15 is 0 Å². The van der Waals surface area contributed by atoms with Crippen molar-refractivity contribution in [1.29, 1.82) is 0 Å². The van der Waals surface area contributed by atoms with E-state index in [1.54, 1.807) is 24.3 Å². The molecule has 5 heteroatoms. The minimum absolute atomic E-state index is 0.0608. The monoisotopic (exact) mass is 312 g/mol. The van der Waals surface area contributed by atoms with E-state index in [0.29, 0.717) is 10.6 Å². The molecular weight excluding hydrogens is 298 g/mol. The van der Waals surface area contributed by atoms with Gasteiger partial charge in [-0.05, 0) is 37.1 Å². The second-order valence-electron chi connectivity index (χ2n) is 4.78. The van der Waals surface area contributed by atoms with Gasteiger partial charge in [0, 0.05) is 16.1 Å². The molecule has 0 bridgehead atoms. The van der Waals surface area contributed by atoms with Crippen LogP contribution in [0.4, 0.5) is 8.78 Å². The average molecular weight is 313 g/mol. The van der Waals surface area contributed by atoms with Crippen LogP contribution in [0.3, 0.4) is 0 Å². The molecule has 2 aromatic carbocycles. The molecule has 0 aliphatic heterocycles. The third-order valence-corrected chi connectivity index (χ3v) is 3.66. The van der Waals surface area contributed by atoms with Gasteiger partial charge in [0.05, 0.1) is 0 Å². The summed E-state index contributed by atoms with van der Waals surface area (Å²) in [6.07, 6.45) is -1.13.